The van der Waals surface area contributed by atoms with Crippen LogP contribution in [-0.2, 0) is 11.3 Å². The highest BCUT2D eigenvalue weighted by molar-refractivity contribution is 7.07. The molecule has 2 aromatic rings. The van der Waals surface area contributed by atoms with Crippen LogP contribution in [0.3, 0.4) is 0 Å². The molecule has 6 nitrogen and oxygen atoms in total. The van der Waals surface area contributed by atoms with E-state index in [9.17, 15) is 9.59 Å². The van der Waals surface area contributed by atoms with E-state index in [1.54, 1.807) is 12.5 Å². The number of rotatable bonds is 9. The summed E-state index contributed by atoms with van der Waals surface area (Å²) in [6.07, 6.45) is 0. The molecule has 1 N–H and O–H groups in total. The van der Waals surface area contributed by atoms with Crippen molar-refractivity contribution in [1.82, 2.24) is 14.8 Å². The number of hydrogen-bond acceptors (Lipinski definition) is 5. The van der Waals surface area contributed by atoms with E-state index in [1.807, 2.05) is 31.2 Å². The molecule has 0 bridgehead atoms. The number of ether oxygens (including phenoxy) is 1. The molecule has 0 aliphatic rings. The lowest BCUT2D eigenvalue weighted by atomic mass is 10.0. The van der Waals surface area contributed by atoms with Gasteiger partial charge in [-0.3, -0.25) is 19.1 Å². The quantitative estimate of drug-likeness (QED) is 0.729. The molecule has 142 valence electrons. The van der Waals surface area contributed by atoms with Crippen molar-refractivity contribution in [2.75, 3.05) is 26.7 Å². The van der Waals surface area contributed by atoms with Crippen molar-refractivity contribution < 1.29 is 9.53 Å². The van der Waals surface area contributed by atoms with Crippen LogP contribution < -0.4 is 14.9 Å². The van der Waals surface area contributed by atoms with E-state index in [4.69, 9.17) is 4.74 Å². The van der Waals surface area contributed by atoms with E-state index < -0.39 is 0 Å². The first kappa shape index (κ1) is 20.2. The predicted octanol–water partition coefficient (Wildman–Crippen LogP) is 2.43. The zero-order valence-corrected chi connectivity index (χ0v) is 16.6. The van der Waals surface area contributed by atoms with Gasteiger partial charge in [0.1, 0.15) is 12.3 Å². The lowest BCUT2D eigenvalue weighted by Gasteiger charge is -2.30. The fourth-order valence-corrected chi connectivity index (χ4v) is 3.71. The summed E-state index contributed by atoms with van der Waals surface area (Å²) in [5.41, 5.74) is 1.90. The minimum atomic E-state index is -0.159. The van der Waals surface area contributed by atoms with E-state index in [-0.39, 0.29) is 23.4 Å². The van der Waals surface area contributed by atoms with Crippen molar-refractivity contribution in [3.8, 4) is 5.75 Å². The maximum absolute atomic E-state index is 12.4. The number of benzene rings is 1. The number of thiazole rings is 1. The molecule has 0 fully saturated rings. The molecular formula is C19H27N3O3S. The number of aromatic nitrogens is 1. The third kappa shape index (κ3) is 4.95. The predicted molar refractivity (Wildman–Crippen MR) is 105 cm³/mol. The molecule has 0 spiro atoms. The van der Waals surface area contributed by atoms with E-state index in [0.717, 1.165) is 41.4 Å². The van der Waals surface area contributed by atoms with Crippen LogP contribution in [0.25, 0.3) is 0 Å². The second kappa shape index (κ2) is 9.54. The summed E-state index contributed by atoms with van der Waals surface area (Å²) >= 11 is 1.12. The van der Waals surface area contributed by atoms with Gasteiger partial charge in [-0.2, -0.15) is 0 Å². The Morgan fingerprint density at radius 1 is 1.35 bits per heavy atom. The molecule has 1 aromatic carbocycles. The molecular weight excluding hydrogens is 350 g/mol. The van der Waals surface area contributed by atoms with Gasteiger partial charge in [-0.1, -0.05) is 37.3 Å². The van der Waals surface area contributed by atoms with Crippen LogP contribution in [0.2, 0.25) is 0 Å². The summed E-state index contributed by atoms with van der Waals surface area (Å²) in [5, 5.41) is 4.75. The lowest BCUT2D eigenvalue weighted by Crippen LogP contribution is -2.39. The molecule has 1 amide bonds. The minimum absolute atomic E-state index is 0.0457. The Bertz CT molecular complexity index is 780. The molecule has 1 atom stereocenters. The third-order valence-electron chi connectivity index (χ3n) is 4.50. The Labute approximate surface area is 158 Å². The average molecular weight is 378 g/mol. The molecule has 2 rings (SSSR count). The van der Waals surface area contributed by atoms with Crippen LogP contribution in [0.4, 0.5) is 0 Å². The second-order valence-corrected chi connectivity index (χ2v) is 6.87. The maximum atomic E-state index is 12.4. The van der Waals surface area contributed by atoms with Crippen LogP contribution in [0.15, 0.2) is 34.4 Å². The minimum Gasteiger partial charge on any atom is -0.497 e. The van der Waals surface area contributed by atoms with Gasteiger partial charge in [0.05, 0.1) is 13.2 Å². The topological polar surface area (TPSA) is 63.6 Å². The number of carbonyl (C=O) groups is 1. The Balaban J connectivity index is 2.11. The summed E-state index contributed by atoms with van der Waals surface area (Å²) in [7, 11) is 1.65. The maximum Gasteiger partial charge on any atom is 0.307 e. The van der Waals surface area contributed by atoms with Gasteiger partial charge in [-0.05, 0) is 37.7 Å². The fourth-order valence-electron chi connectivity index (χ4n) is 2.98. The van der Waals surface area contributed by atoms with Crippen LogP contribution in [0.1, 0.15) is 31.1 Å². The highest BCUT2D eigenvalue weighted by Crippen LogP contribution is 2.23. The van der Waals surface area contributed by atoms with E-state index in [0.29, 0.717) is 6.54 Å². The third-order valence-corrected chi connectivity index (χ3v) is 5.38. The molecule has 0 saturated carbocycles. The number of hydrogen-bond donors (Lipinski definition) is 1. The smallest absolute Gasteiger partial charge is 0.307 e. The van der Waals surface area contributed by atoms with Crippen molar-refractivity contribution >= 4 is 17.2 Å². The number of methoxy groups -OCH3 is 1. The van der Waals surface area contributed by atoms with Crippen LogP contribution in [0, 0.1) is 6.92 Å². The highest BCUT2D eigenvalue weighted by Gasteiger charge is 2.20. The molecule has 0 radical (unpaired) electrons. The van der Waals surface area contributed by atoms with Crippen LogP contribution in [0.5, 0.6) is 5.75 Å². The van der Waals surface area contributed by atoms with Gasteiger partial charge in [-0.15, -0.1) is 0 Å². The van der Waals surface area contributed by atoms with E-state index >= 15 is 0 Å². The number of aryl methyl sites for hydroxylation is 1. The van der Waals surface area contributed by atoms with Gasteiger partial charge in [0, 0.05) is 17.6 Å². The van der Waals surface area contributed by atoms with Crippen molar-refractivity contribution in [2.45, 2.75) is 33.4 Å². The molecule has 0 unspecified atom stereocenters. The number of likely N-dealkylation sites (N-methyl/N-ethyl adjacent to an activating group) is 1. The van der Waals surface area contributed by atoms with Crippen LogP contribution >= 0.6 is 11.3 Å². The number of amides is 1. The van der Waals surface area contributed by atoms with Gasteiger partial charge in [-0.25, -0.2) is 0 Å². The Morgan fingerprint density at radius 2 is 2.08 bits per heavy atom. The summed E-state index contributed by atoms with van der Waals surface area (Å²) in [6.45, 7) is 8.32. The standard InChI is InChI=1S/C19H27N3O3S/c1-5-21(6-2)17(15-8-7-9-16(10-15)25-4)11-20-18(23)12-22-14(3)13-26-19(22)24/h7-10,13,17H,5-6,11-12H2,1-4H3,(H,20,23)/t17-/m0/s1. The van der Waals surface area contributed by atoms with Gasteiger partial charge >= 0.3 is 4.87 Å². The zero-order valence-electron chi connectivity index (χ0n) is 15.8. The van der Waals surface area contributed by atoms with Crippen molar-refractivity contribution in [3.05, 3.63) is 50.6 Å². The van der Waals surface area contributed by atoms with Crippen LogP contribution in [-0.4, -0.2) is 42.1 Å². The Morgan fingerprint density at radius 3 is 2.65 bits per heavy atom. The molecule has 0 aliphatic carbocycles. The summed E-state index contributed by atoms with van der Waals surface area (Å²) < 4.78 is 6.83. The number of carbonyl (C=O) groups excluding carboxylic acids is 1. The Kier molecular flexibility index (Phi) is 7.41. The molecule has 1 aromatic heterocycles. The number of nitrogens with one attached hydrogen (secondary N) is 1. The monoisotopic (exact) mass is 377 g/mol. The molecule has 7 heteroatoms. The van der Waals surface area contributed by atoms with Gasteiger partial charge < -0.3 is 10.1 Å². The first-order valence-electron chi connectivity index (χ1n) is 8.79. The SMILES string of the molecule is CCN(CC)[C@@H](CNC(=O)Cn1c(C)csc1=O)c1cccc(OC)c1. The molecule has 0 saturated heterocycles. The summed E-state index contributed by atoms with van der Waals surface area (Å²) in [4.78, 5) is 26.3. The summed E-state index contributed by atoms with van der Waals surface area (Å²) in [6, 6.07) is 7.96. The lowest BCUT2D eigenvalue weighted by molar-refractivity contribution is -0.122. The zero-order chi connectivity index (χ0) is 19.1. The van der Waals surface area contributed by atoms with Gasteiger partial charge in [0.2, 0.25) is 5.91 Å². The van der Waals surface area contributed by atoms with Crippen molar-refractivity contribution in [3.63, 3.8) is 0 Å². The highest BCUT2D eigenvalue weighted by atomic mass is 32.1. The van der Waals surface area contributed by atoms with E-state index in [2.05, 4.69) is 24.1 Å². The fraction of sp³-hybridized carbons (Fsp3) is 0.474. The first-order valence-corrected chi connectivity index (χ1v) is 9.67. The normalized spacial score (nSPS) is 12.2. The van der Waals surface area contributed by atoms with Gasteiger partial charge in [0.15, 0.2) is 0 Å². The second-order valence-electron chi connectivity index (χ2n) is 6.05. The van der Waals surface area contributed by atoms with Crippen molar-refractivity contribution in [1.29, 1.82) is 0 Å². The largest absolute Gasteiger partial charge is 0.497 e. The Hall–Kier alpha value is -2.12. The molecule has 1 heterocycles. The van der Waals surface area contributed by atoms with Gasteiger partial charge in [0.25, 0.3) is 0 Å². The van der Waals surface area contributed by atoms with Crippen molar-refractivity contribution in [2.24, 2.45) is 0 Å². The molecule has 26 heavy (non-hydrogen) atoms. The number of nitrogens with zero attached hydrogens (tertiary/aromatic N) is 2. The van der Waals surface area contributed by atoms with E-state index in [1.165, 1.54) is 4.57 Å². The molecule has 0 aliphatic heterocycles. The average Bonchev–Trinajstić information content (AvgIpc) is 2.97. The first-order chi connectivity index (χ1) is 12.5. The summed E-state index contributed by atoms with van der Waals surface area (Å²) in [5.74, 6) is 0.639.